The second kappa shape index (κ2) is 10.8. The highest BCUT2D eigenvalue weighted by molar-refractivity contribution is 5.91. The van der Waals surface area contributed by atoms with Crippen LogP contribution >= 0.6 is 0 Å². The summed E-state index contributed by atoms with van der Waals surface area (Å²) in [5.41, 5.74) is 5.67. The van der Waals surface area contributed by atoms with Crippen LogP contribution in [0, 0.1) is 12.8 Å². The van der Waals surface area contributed by atoms with Crippen LogP contribution in [0.5, 0.6) is 5.75 Å². The zero-order valence-corrected chi connectivity index (χ0v) is 22.1. The van der Waals surface area contributed by atoms with Crippen molar-refractivity contribution in [3.8, 4) is 5.75 Å². The van der Waals surface area contributed by atoms with Crippen LogP contribution in [0.1, 0.15) is 63.0 Å². The molecule has 1 N–H and O–H groups in total. The van der Waals surface area contributed by atoms with Crippen LogP contribution in [0.15, 0.2) is 89.3 Å². The standard InChI is InChI=1S/C33H32N2O4/c1-22-6-5-9-26(18-22)31-29-19-27(13-12-24(29)16-17-35(31)33(37)25-10-11-25)38-21-28-14-15-30(39-28)32(36)34-20-23-7-3-2-4-8-23/h2-9,12-15,18-19,25,31H,10-11,16-17,20-21H2,1H3,(H,34,36)/t31-/m0/s1. The molecular weight excluding hydrogens is 488 g/mol. The van der Waals surface area contributed by atoms with E-state index in [1.54, 1.807) is 12.1 Å². The molecule has 3 aromatic carbocycles. The maximum absolute atomic E-state index is 13.3. The minimum Gasteiger partial charge on any atom is -0.486 e. The fourth-order valence-electron chi connectivity index (χ4n) is 5.28. The quantitative estimate of drug-likeness (QED) is 0.310. The van der Waals surface area contributed by atoms with Gasteiger partial charge in [-0.15, -0.1) is 0 Å². The van der Waals surface area contributed by atoms with Gasteiger partial charge in [0.1, 0.15) is 18.1 Å². The Kier molecular flexibility index (Phi) is 6.93. The number of amides is 2. The molecule has 2 heterocycles. The van der Waals surface area contributed by atoms with Gasteiger partial charge >= 0.3 is 0 Å². The van der Waals surface area contributed by atoms with Crippen molar-refractivity contribution in [2.24, 2.45) is 5.92 Å². The lowest BCUT2D eigenvalue weighted by Crippen LogP contribution is -2.41. The molecule has 1 aliphatic carbocycles. The number of nitrogens with one attached hydrogen (secondary N) is 1. The average molecular weight is 521 g/mol. The molecule has 1 atom stereocenters. The van der Waals surface area contributed by atoms with Crippen LogP contribution in [-0.4, -0.2) is 23.3 Å². The molecule has 6 heteroatoms. The first kappa shape index (κ1) is 25.0. The number of aryl methyl sites for hydroxylation is 1. The second-order valence-electron chi connectivity index (χ2n) is 10.5. The van der Waals surface area contributed by atoms with Crippen molar-refractivity contribution in [3.05, 3.63) is 124 Å². The Morgan fingerprint density at radius 2 is 1.82 bits per heavy atom. The van der Waals surface area contributed by atoms with E-state index < -0.39 is 0 Å². The Morgan fingerprint density at radius 1 is 0.974 bits per heavy atom. The number of hydrogen-bond acceptors (Lipinski definition) is 4. The number of carbonyl (C=O) groups is 2. The number of rotatable bonds is 8. The van der Waals surface area contributed by atoms with E-state index in [1.165, 1.54) is 11.1 Å². The van der Waals surface area contributed by atoms with E-state index in [0.717, 1.165) is 42.5 Å². The molecule has 2 aliphatic rings. The molecule has 2 amide bonds. The fraction of sp³-hybridized carbons (Fsp3) is 0.273. The lowest BCUT2D eigenvalue weighted by atomic mass is 9.87. The molecule has 6 nitrogen and oxygen atoms in total. The molecular formula is C33H32N2O4. The highest BCUT2D eigenvalue weighted by Gasteiger charge is 2.39. The average Bonchev–Trinajstić information content (AvgIpc) is 3.71. The smallest absolute Gasteiger partial charge is 0.287 e. The third kappa shape index (κ3) is 5.60. The highest BCUT2D eigenvalue weighted by Crippen LogP contribution is 2.41. The maximum Gasteiger partial charge on any atom is 0.287 e. The summed E-state index contributed by atoms with van der Waals surface area (Å²) in [7, 11) is 0. The Hall–Kier alpha value is -4.32. The van der Waals surface area contributed by atoms with Crippen LogP contribution in [0.4, 0.5) is 0 Å². The lowest BCUT2D eigenvalue weighted by Gasteiger charge is -2.38. The van der Waals surface area contributed by atoms with Gasteiger partial charge in [-0.1, -0.05) is 66.2 Å². The van der Waals surface area contributed by atoms with E-state index in [2.05, 4.69) is 53.5 Å². The van der Waals surface area contributed by atoms with Gasteiger partial charge in [0, 0.05) is 19.0 Å². The molecule has 198 valence electrons. The third-order valence-corrected chi connectivity index (χ3v) is 7.48. The second-order valence-corrected chi connectivity index (χ2v) is 10.5. The molecule has 0 spiro atoms. The van der Waals surface area contributed by atoms with Crippen LogP contribution in [-0.2, 0) is 24.4 Å². The minimum atomic E-state index is -0.264. The summed E-state index contributed by atoms with van der Waals surface area (Å²) < 4.78 is 11.9. The minimum absolute atomic E-state index is 0.131. The van der Waals surface area contributed by atoms with Gasteiger partial charge < -0.3 is 19.4 Å². The number of carbonyl (C=O) groups excluding carboxylic acids is 2. The Labute approximate surface area is 228 Å². The molecule has 1 aromatic heterocycles. The van der Waals surface area contributed by atoms with Gasteiger partial charge in [0.25, 0.3) is 5.91 Å². The zero-order valence-electron chi connectivity index (χ0n) is 22.1. The first-order valence-electron chi connectivity index (χ1n) is 13.6. The van der Waals surface area contributed by atoms with Crippen LogP contribution < -0.4 is 10.1 Å². The summed E-state index contributed by atoms with van der Waals surface area (Å²) in [4.78, 5) is 27.9. The molecule has 1 aliphatic heterocycles. The highest BCUT2D eigenvalue weighted by atomic mass is 16.5. The van der Waals surface area contributed by atoms with Gasteiger partial charge in [-0.25, -0.2) is 0 Å². The van der Waals surface area contributed by atoms with Crippen molar-refractivity contribution < 1.29 is 18.7 Å². The molecule has 0 radical (unpaired) electrons. The summed E-state index contributed by atoms with van der Waals surface area (Å²) in [5.74, 6) is 1.68. The predicted molar refractivity (Wildman–Crippen MR) is 148 cm³/mol. The van der Waals surface area contributed by atoms with Crippen molar-refractivity contribution in [2.45, 2.75) is 45.4 Å². The number of furan rings is 1. The zero-order chi connectivity index (χ0) is 26.8. The third-order valence-electron chi connectivity index (χ3n) is 7.48. The molecule has 39 heavy (non-hydrogen) atoms. The summed E-state index contributed by atoms with van der Waals surface area (Å²) in [6.45, 7) is 3.44. The summed E-state index contributed by atoms with van der Waals surface area (Å²) >= 11 is 0. The largest absolute Gasteiger partial charge is 0.486 e. The Balaban J connectivity index is 1.17. The Morgan fingerprint density at radius 3 is 2.62 bits per heavy atom. The van der Waals surface area contributed by atoms with Gasteiger partial charge in [0.05, 0.1) is 6.04 Å². The van der Waals surface area contributed by atoms with E-state index in [4.69, 9.17) is 9.15 Å². The van der Waals surface area contributed by atoms with E-state index in [1.807, 2.05) is 36.4 Å². The molecule has 6 rings (SSSR count). The first-order chi connectivity index (χ1) is 19.0. The van der Waals surface area contributed by atoms with Gasteiger partial charge in [0.15, 0.2) is 5.76 Å². The van der Waals surface area contributed by atoms with E-state index in [-0.39, 0.29) is 36.1 Å². The van der Waals surface area contributed by atoms with Crippen LogP contribution in [0.2, 0.25) is 0 Å². The van der Waals surface area contributed by atoms with Crippen molar-refractivity contribution in [3.63, 3.8) is 0 Å². The number of hydrogen-bond donors (Lipinski definition) is 1. The SMILES string of the molecule is Cc1cccc([C@H]2c3cc(OCc4ccc(C(=O)NCc5ccccc5)o4)ccc3CCN2C(=O)C2CC2)c1. The molecule has 0 bridgehead atoms. The van der Waals surface area contributed by atoms with Crippen molar-refractivity contribution in [1.29, 1.82) is 0 Å². The predicted octanol–water partition coefficient (Wildman–Crippen LogP) is 5.98. The molecule has 1 saturated carbocycles. The Bertz CT molecular complexity index is 1490. The number of fused-ring (bicyclic) bond motifs is 1. The molecule has 0 saturated heterocycles. The lowest BCUT2D eigenvalue weighted by molar-refractivity contribution is -0.134. The molecule has 1 fully saturated rings. The summed E-state index contributed by atoms with van der Waals surface area (Å²) in [6.07, 6.45) is 2.80. The fourth-order valence-corrected chi connectivity index (χ4v) is 5.28. The molecule has 0 unspecified atom stereocenters. The van der Waals surface area contributed by atoms with Crippen molar-refractivity contribution in [1.82, 2.24) is 10.2 Å². The molecule has 4 aromatic rings. The van der Waals surface area contributed by atoms with Crippen molar-refractivity contribution >= 4 is 11.8 Å². The number of ether oxygens (including phenoxy) is 1. The van der Waals surface area contributed by atoms with Gasteiger partial charge in [-0.2, -0.15) is 0 Å². The maximum atomic E-state index is 13.3. The van der Waals surface area contributed by atoms with Crippen LogP contribution in [0.25, 0.3) is 0 Å². The monoisotopic (exact) mass is 520 g/mol. The van der Waals surface area contributed by atoms with E-state index in [0.29, 0.717) is 18.1 Å². The van der Waals surface area contributed by atoms with Crippen molar-refractivity contribution in [2.75, 3.05) is 6.54 Å². The topological polar surface area (TPSA) is 71.8 Å². The van der Waals surface area contributed by atoms with Gasteiger partial charge in [-0.05, 0) is 72.7 Å². The number of nitrogens with zero attached hydrogens (tertiary/aromatic N) is 1. The normalized spacial score (nSPS) is 16.4. The summed E-state index contributed by atoms with van der Waals surface area (Å²) in [5, 5.41) is 2.88. The summed E-state index contributed by atoms with van der Waals surface area (Å²) in [6, 6.07) is 27.6. The van der Waals surface area contributed by atoms with Crippen LogP contribution in [0.3, 0.4) is 0 Å². The van der Waals surface area contributed by atoms with Gasteiger partial charge in [-0.3, -0.25) is 9.59 Å². The number of benzene rings is 3. The first-order valence-corrected chi connectivity index (χ1v) is 13.6. The van der Waals surface area contributed by atoms with E-state index in [9.17, 15) is 9.59 Å². The van der Waals surface area contributed by atoms with Gasteiger partial charge in [0.2, 0.25) is 5.91 Å². The van der Waals surface area contributed by atoms with E-state index >= 15 is 0 Å².